The van der Waals surface area contributed by atoms with E-state index in [1.54, 1.807) is 22.8 Å². The van der Waals surface area contributed by atoms with Gasteiger partial charge in [-0.15, -0.1) is 0 Å². The molecule has 2 aliphatic heterocycles. The van der Waals surface area contributed by atoms with Crippen molar-refractivity contribution < 1.29 is 14.3 Å². The molecule has 1 aromatic rings. The third kappa shape index (κ3) is 3.04. The van der Waals surface area contributed by atoms with Gasteiger partial charge in [0, 0.05) is 25.7 Å². The fourth-order valence-electron chi connectivity index (χ4n) is 3.26. The summed E-state index contributed by atoms with van der Waals surface area (Å²) in [6.07, 6.45) is 3.24. The smallest absolute Gasteiger partial charge is 0.410 e. The van der Waals surface area contributed by atoms with Crippen molar-refractivity contribution in [2.75, 3.05) is 13.1 Å². The summed E-state index contributed by atoms with van der Waals surface area (Å²) in [7, 11) is 1.79. The summed E-state index contributed by atoms with van der Waals surface area (Å²) in [5.41, 5.74) is 1.13. The molecule has 126 valence electrons. The summed E-state index contributed by atoms with van der Waals surface area (Å²) >= 11 is 0. The van der Waals surface area contributed by atoms with E-state index < -0.39 is 5.60 Å². The number of aryl methyl sites for hydroxylation is 1. The van der Waals surface area contributed by atoms with Gasteiger partial charge in [0.25, 0.3) is 5.91 Å². The quantitative estimate of drug-likeness (QED) is 0.791. The third-order valence-electron chi connectivity index (χ3n) is 4.31. The number of carbonyl (C=O) groups excluding carboxylic acids is 2. The fourth-order valence-corrected chi connectivity index (χ4v) is 3.26. The summed E-state index contributed by atoms with van der Waals surface area (Å²) in [5.74, 6) is 0.0102. The number of hydrogen-bond donors (Lipinski definition) is 0. The maximum atomic E-state index is 12.6. The normalized spacial score (nSPS) is 21.6. The zero-order valence-electron chi connectivity index (χ0n) is 14.2. The van der Waals surface area contributed by atoms with E-state index in [-0.39, 0.29) is 18.0 Å². The molecule has 0 bridgehead atoms. The zero-order chi connectivity index (χ0) is 16.8. The highest BCUT2D eigenvalue weighted by Gasteiger charge is 2.38. The van der Waals surface area contributed by atoms with Gasteiger partial charge in [-0.3, -0.25) is 9.48 Å². The van der Waals surface area contributed by atoms with E-state index in [0.717, 1.165) is 18.4 Å². The van der Waals surface area contributed by atoms with Crippen LogP contribution in [0.5, 0.6) is 0 Å². The van der Waals surface area contributed by atoms with Crippen molar-refractivity contribution in [3.8, 4) is 0 Å². The van der Waals surface area contributed by atoms with Gasteiger partial charge in [0.05, 0.1) is 18.8 Å². The van der Waals surface area contributed by atoms with Crippen LogP contribution in [-0.2, 0) is 18.3 Å². The SMILES string of the molecule is Cn1ncc2c1C(=O)N(C1CCCN(C(=O)OC(C)(C)C)C1)C2. The average Bonchev–Trinajstić information content (AvgIpc) is 2.99. The van der Waals surface area contributed by atoms with Crippen LogP contribution >= 0.6 is 0 Å². The first-order chi connectivity index (χ1) is 10.8. The van der Waals surface area contributed by atoms with Crippen LogP contribution in [-0.4, -0.2) is 56.3 Å². The summed E-state index contributed by atoms with van der Waals surface area (Å²) in [5, 5.41) is 4.14. The number of hydrogen-bond acceptors (Lipinski definition) is 4. The molecule has 0 radical (unpaired) electrons. The minimum atomic E-state index is -0.505. The maximum Gasteiger partial charge on any atom is 0.410 e. The van der Waals surface area contributed by atoms with Crippen LogP contribution < -0.4 is 0 Å². The van der Waals surface area contributed by atoms with Crippen LogP contribution in [0.15, 0.2) is 6.20 Å². The number of amides is 2. The second kappa shape index (κ2) is 5.54. The molecule has 7 nitrogen and oxygen atoms in total. The van der Waals surface area contributed by atoms with Gasteiger partial charge in [-0.05, 0) is 33.6 Å². The second-order valence-corrected chi connectivity index (χ2v) is 7.30. The summed E-state index contributed by atoms with van der Waals surface area (Å²) in [6, 6.07) is 0.0381. The monoisotopic (exact) mass is 320 g/mol. The molecular weight excluding hydrogens is 296 g/mol. The van der Waals surface area contributed by atoms with Gasteiger partial charge in [0.1, 0.15) is 11.3 Å². The highest BCUT2D eigenvalue weighted by Crippen LogP contribution is 2.28. The average molecular weight is 320 g/mol. The molecule has 0 N–H and O–H groups in total. The molecule has 3 heterocycles. The Kier molecular flexibility index (Phi) is 3.82. The van der Waals surface area contributed by atoms with Gasteiger partial charge in [-0.2, -0.15) is 5.10 Å². The van der Waals surface area contributed by atoms with Gasteiger partial charge in [-0.1, -0.05) is 0 Å². The molecule has 1 unspecified atom stereocenters. The largest absolute Gasteiger partial charge is 0.444 e. The fraction of sp³-hybridized carbons (Fsp3) is 0.688. The first-order valence-electron chi connectivity index (χ1n) is 8.06. The molecule has 2 aliphatic rings. The highest BCUT2D eigenvalue weighted by molar-refractivity contribution is 5.96. The molecule has 3 rings (SSSR count). The minimum Gasteiger partial charge on any atom is -0.444 e. The number of rotatable bonds is 1. The van der Waals surface area contributed by atoms with Crippen LogP contribution in [0, 0.1) is 0 Å². The van der Waals surface area contributed by atoms with Gasteiger partial charge in [0.15, 0.2) is 0 Å². The number of fused-ring (bicyclic) bond motifs is 1. The van der Waals surface area contributed by atoms with Crippen molar-refractivity contribution >= 4 is 12.0 Å². The Bertz CT molecular complexity index is 632. The van der Waals surface area contributed by atoms with Gasteiger partial charge >= 0.3 is 6.09 Å². The van der Waals surface area contributed by atoms with E-state index in [9.17, 15) is 9.59 Å². The molecule has 2 amide bonds. The Hall–Kier alpha value is -2.05. The van der Waals surface area contributed by atoms with E-state index in [1.165, 1.54) is 0 Å². The zero-order valence-corrected chi connectivity index (χ0v) is 14.2. The Balaban J connectivity index is 1.68. The number of nitrogens with zero attached hydrogens (tertiary/aromatic N) is 4. The molecule has 1 aromatic heterocycles. The highest BCUT2D eigenvalue weighted by atomic mass is 16.6. The summed E-state index contributed by atoms with van der Waals surface area (Å²) in [4.78, 5) is 28.5. The van der Waals surface area contributed by atoms with E-state index in [2.05, 4.69) is 5.10 Å². The number of likely N-dealkylation sites (tertiary alicyclic amines) is 1. The van der Waals surface area contributed by atoms with Crippen LogP contribution in [0.3, 0.4) is 0 Å². The lowest BCUT2D eigenvalue weighted by atomic mass is 10.0. The predicted molar refractivity (Wildman–Crippen MR) is 83.9 cm³/mol. The second-order valence-electron chi connectivity index (χ2n) is 7.30. The molecule has 1 saturated heterocycles. The lowest BCUT2D eigenvalue weighted by molar-refractivity contribution is 0.0105. The lowest BCUT2D eigenvalue weighted by Gasteiger charge is -2.38. The van der Waals surface area contributed by atoms with Crippen molar-refractivity contribution in [1.82, 2.24) is 19.6 Å². The Morgan fingerprint density at radius 3 is 2.78 bits per heavy atom. The van der Waals surface area contributed by atoms with E-state index in [0.29, 0.717) is 25.3 Å². The molecule has 7 heteroatoms. The minimum absolute atomic E-state index is 0.0102. The van der Waals surface area contributed by atoms with Crippen LogP contribution in [0.25, 0.3) is 0 Å². The number of aromatic nitrogens is 2. The van der Waals surface area contributed by atoms with Crippen LogP contribution in [0.1, 0.15) is 49.7 Å². The Labute approximate surface area is 136 Å². The molecule has 0 spiro atoms. The summed E-state index contributed by atoms with van der Waals surface area (Å²) < 4.78 is 7.08. The van der Waals surface area contributed by atoms with Gasteiger partial charge < -0.3 is 14.5 Å². The lowest BCUT2D eigenvalue weighted by Crippen LogP contribution is -2.51. The van der Waals surface area contributed by atoms with Crippen LogP contribution in [0.4, 0.5) is 4.79 Å². The van der Waals surface area contributed by atoms with Crippen molar-refractivity contribution in [2.24, 2.45) is 7.05 Å². The number of ether oxygens (including phenoxy) is 1. The first-order valence-corrected chi connectivity index (χ1v) is 8.06. The number of carbonyl (C=O) groups is 2. The number of piperidine rings is 1. The standard InChI is InChI=1S/C16H24N4O3/c1-16(2,3)23-15(22)19-7-5-6-12(10-19)20-9-11-8-17-18(4)13(11)14(20)21/h8,12H,5-7,9-10H2,1-4H3. The predicted octanol–water partition coefficient (Wildman–Crippen LogP) is 1.78. The maximum absolute atomic E-state index is 12.6. The van der Waals surface area contributed by atoms with E-state index >= 15 is 0 Å². The topological polar surface area (TPSA) is 67.7 Å². The van der Waals surface area contributed by atoms with Crippen LogP contribution in [0.2, 0.25) is 0 Å². The molecule has 1 fully saturated rings. The van der Waals surface area contributed by atoms with Crippen molar-refractivity contribution in [1.29, 1.82) is 0 Å². The van der Waals surface area contributed by atoms with E-state index in [1.807, 2.05) is 25.7 Å². The van der Waals surface area contributed by atoms with E-state index in [4.69, 9.17) is 4.74 Å². The molecule has 1 atom stereocenters. The van der Waals surface area contributed by atoms with Gasteiger partial charge in [0.2, 0.25) is 0 Å². The van der Waals surface area contributed by atoms with Crippen molar-refractivity contribution in [2.45, 2.75) is 51.8 Å². The molecule has 0 saturated carbocycles. The molecular formula is C16H24N4O3. The van der Waals surface area contributed by atoms with Gasteiger partial charge in [-0.25, -0.2) is 4.79 Å². The third-order valence-corrected chi connectivity index (χ3v) is 4.31. The summed E-state index contributed by atoms with van der Waals surface area (Å²) in [6.45, 7) is 7.37. The Morgan fingerprint density at radius 2 is 2.13 bits per heavy atom. The van der Waals surface area contributed by atoms with Crippen molar-refractivity contribution in [3.63, 3.8) is 0 Å². The molecule has 23 heavy (non-hydrogen) atoms. The molecule has 0 aliphatic carbocycles. The first kappa shape index (κ1) is 15.8. The Morgan fingerprint density at radius 1 is 1.39 bits per heavy atom. The van der Waals surface area contributed by atoms with Crippen molar-refractivity contribution in [3.05, 3.63) is 17.5 Å². The molecule has 0 aromatic carbocycles.